The lowest BCUT2D eigenvalue weighted by Crippen LogP contribution is -2.46. The van der Waals surface area contributed by atoms with Crippen molar-refractivity contribution in [2.75, 3.05) is 46.5 Å². The predicted octanol–water partition coefficient (Wildman–Crippen LogP) is 1.96. The van der Waals surface area contributed by atoms with E-state index >= 15 is 0 Å². The third-order valence-corrected chi connectivity index (χ3v) is 7.05. The van der Waals surface area contributed by atoms with Crippen molar-refractivity contribution in [3.05, 3.63) is 24.3 Å². The Kier molecular flexibility index (Phi) is 6.33. The Balaban J connectivity index is 1.72. The Morgan fingerprint density at radius 3 is 2.76 bits per heavy atom. The van der Waals surface area contributed by atoms with Crippen LogP contribution in [-0.2, 0) is 14.8 Å². The summed E-state index contributed by atoms with van der Waals surface area (Å²) in [5.41, 5.74) is 0. The van der Waals surface area contributed by atoms with Gasteiger partial charge in [-0.05, 0) is 37.9 Å². The molecule has 0 saturated carbocycles. The molecule has 6 nitrogen and oxygen atoms in total. The van der Waals surface area contributed by atoms with Gasteiger partial charge in [0.25, 0.3) is 0 Å². The van der Waals surface area contributed by atoms with Gasteiger partial charge in [-0.2, -0.15) is 4.31 Å². The molecule has 140 valence electrons. The van der Waals surface area contributed by atoms with Crippen LogP contribution in [0.2, 0.25) is 0 Å². The summed E-state index contributed by atoms with van der Waals surface area (Å²) >= 11 is 0. The van der Waals surface area contributed by atoms with E-state index in [2.05, 4.69) is 4.90 Å². The molecule has 2 aliphatic rings. The Hall–Kier alpha value is -1.15. The van der Waals surface area contributed by atoms with Crippen LogP contribution in [0, 0.1) is 0 Å². The number of methoxy groups -OCH3 is 1. The highest BCUT2D eigenvalue weighted by molar-refractivity contribution is 7.89. The second-order valence-electron chi connectivity index (χ2n) is 6.69. The number of morpholine rings is 1. The van der Waals surface area contributed by atoms with E-state index in [0.29, 0.717) is 17.2 Å². The van der Waals surface area contributed by atoms with E-state index in [0.717, 1.165) is 58.5 Å². The molecule has 0 amide bonds. The summed E-state index contributed by atoms with van der Waals surface area (Å²) in [7, 11) is -1.93. The fourth-order valence-corrected chi connectivity index (χ4v) is 5.39. The van der Waals surface area contributed by atoms with Gasteiger partial charge in [-0.3, -0.25) is 4.90 Å². The number of nitrogens with zero attached hydrogens (tertiary/aromatic N) is 2. The summed E-state index contributed by atoms with van der Waals surface area (Å²) in [6, 6.07) is 6.85. The zero-order chi connectivity index (χ0) is 17.7. The molecule has 0 N–H and O–H groups in total. The molecule has 2 fully saturated rings. The maximum Gasteiger partial charge on any atom is 0.243 e. The summed E-state index contributed by atoms with van der Waals surface area (Å²) in [6.07, 6.45) is 3.84. The number of hydrogen-bond acceptors (Lipinski definition) is 5. The summed E-state index contributed by atoms with van der Waals surface area (Å²) in [6.45, 7) is 4.96. The Morgan fingerprint density at radius 2 is 2.00 bits per heavy atom. The van der Waals surface area contributed by atoms with Gasteiger partial charge < -0.3 is 9.47 Å². The average molecular weight is 368 g/mol. The first kappa shape index (κ1) is 18.6. The monoisotopic (exact) mass is 368 g/mol. The van der Waals surface area contributed by atoms with E-state index < -0.39 is 10.0 Å². The van der Waals surface area contributed by atoms with Crippen molar-refractivity contribution >= 4 is 10.0 Å². The van der Waals surface area contributed by atoms with E-state index in [4.69, 9.17) is 9.47 Å². The highest BCUT2D eigenvalue weighted by Crippen LogP contribution is 2.28. The Morgan fingerprint density at radius 1 is 1.20 bits per heavy atom. The SMILES string of the molecule is COc1cccc(S(=O)(=O)N2CCCCC2CCN2CCOCC2)c1. The van der Waals surface area contributed by atoms with Crippen molar-refractivity contribution in [3.63, 3.8) is 0 Å². The number of piperidine rings is 1. The van der Waals surface area contributed by atoms with Crippen molar-refractivity contribution in [2.45, 2.75) is 36.6 Å². The van der Waals surface area contributed by atoms with Gasteiger partial charge in [0, 0.05) is 31.7 Å². The molecule has 0 radical (unpaired) electrons. The van der Waals surface area contributed by atoms with Crippen LogP contribution < -0.4 is 4.74 Å². The smallest absolute Gasteiger partial charge is 0.243 e. The summed E-state index contributed by atoms with van der Waals surface area (Å²) in [5, 5.41) is 0. The normalized spacial score (nSPS) is 23.5. The van der Waals surface area contributed by atoms with E-state index in [1.54, 1.807) is 35.7 Å². The summed E-state index contributed by atoms with van der Waals surface area (Å²) < 4.78 is 38.6. The van der Waals surface area contributed by atoms with Gasteiger partial charge in [-0.1, -0.05) is 12.5 Å². The van der Waals surface area contributed by atoms with Crippen LogP contribution in [0.5, 0.6) is 5.75 Å². The van der Waals surface area contributed by atoms with Gasteiger partial charge in [-0.15, -0.1) is 0 Å². The lowest BCUT2D eigenvalue weighted by Gasteiger charge is -2.36. The maximum absolute atomic E-state index is 13.2. The van der Waals surface area contributed by atoms with Gasteiger partial charge in [-0.25, -0.2) is 8.42 Å². The molecule has 1 unspecified atom stereocenters. The van der Waals surface area contributed by atoms with E-state index in [1.165, 1.54) is 0 Å². The molecule has 0 aromatic heterocycles. The van der Waals surface area contributed by atoms with Crippen LogP contribution in [0.3, 0.4) is 0 Å². The molecule has 1 aromatic rings. The molecular weight excluding hydrogens is 340 g/mol. The number of rotatable bonds is 6. The molecular formula is C18H28N2O4S. The largest absolute Gasteiger partial charge is 0.497 e. The van der Waals surface area contributed by atoms with Crippen molar-refractivity contribution in [1.82, 2.24) is 9.21 Å². The number of sulfonamides is 1. The fraction of sp³-hybridized carbons (Fsp3) is 0.667. The summed E-state index contributed by atoms with van der Waals surface area (Å²) in [4.78, 5) is 2.69. The number of hydrogen-bond donors (Lipinski definition) is 0. The van der Waals surface area contributed by atoms with Crippen molar-refractivity contribution < 1.29 is 17.9 Å². The minimum Gasteiger partial charge on any atom is -0.497 e. The average Bonchev–Trinajstić information content (AvgIpc) is 2.67. The third-order valence-electron chi connectivity index (χ3n) is 5.10. The zero-order valence-corrected chi connectivity index (χ0v) is 15.7. The second kappa shape index (κ2) is 8.49. The molecule has 3 rings (SSSR count). The summed E-state index contributed by atoms with van der Waals surface area (Å²) in [5.74, 6) is 0.572. The molecule has 2 saturated heterocycles. The quantitative estimate of drug-likeness (QED) is 0.768. The molecule has 1 atom stereocenters. The van der Waals surface area contributed by atoms with Crippen LogP contribution in [0.25, 0.3) is 0 Å². The molecule has 7 heteroatoms. The molecule has 1 aromatic carbocycles. The number of ether oxygens (including phenoxy) is 2. The van der Waals surface area contributed by atoms with Crippen LogP contribution in [0.15, 0.2) is 29.2 Å². The maximum atomic E-state index is 13.2. The van der Waals surface area contributed by atoms with Gasteiger partial charge in [0.15, 0.2) is 0 Å². The predicted molar refractivity (Wildman–Crippen MR) is 96.4 cm³/mol. The molecule has 2 heterocycles. The second-order valence-corrected chi connectivity index (χ2v) is 8.58. The van der Waals surface area contributed by atoms with Crippen molar-refractivity contribution in [3.8, 4) is 5.75 Å². The first-order valence-corrected chi connectivity index (χ1v) is 10.5. The minimum atomic E-state index is -3.49. The minimum absolute atomic E-state index is 0.0767. The lowest BCUT2D eigenvalue weighted by atomic mass is 10.0. The highest BCUT2D eigenvalue weighted by atomic mass is 32.2. The topological polar surface area (TPSA) is 59.1 Å². The van der Waals surface area contributed by atoms with Crippen molar-refractivity contribution in [1.29, 1.82) is 0 Å². The zero-order valence-electron chi connectivity index (χ0n) is 14.9. The molecule has 0 spiro atoms. The van der Waals surface area contributed by atoms with Crippen LogP contribution in [-0.4, -0.2) is 70.2 Å². The molecule has 25 heavy (non-hydrogen) atoms. The first-order chi connectivity index (χ1) is 12.1. The van der Waals surface area contributed by atoms with Gasteiger partial charge in [0.1, 0.15) is 5.75 Å². The molecule has 0 bridgehead atoms. The van der Waals surface area contributed by atoms with Crippen LogP contribution >= 0.6 is 0 Å². The first-order valence-electron chi connectivity index (χ1n) is 9.07. The van der Waals surface area contributed by atoms with E-state index in [-0.39, 0.29) is 6.04 Å². The highest BCUT2D eigenvalue weighted by Gasteiger charge is 2.33. The van der Waals surface area contributed by atoms with Gasteiger partial charge >= 0.3 is 0 Å². The molecule has 2 aliphatic heterocycles. The fourth-order valence-electron chi connectivity index (χ4n) is 3.63. The molecule has 0 aliphatic carbocycles. The van der Waals surface area contributed by atoms with E-state index in [1.807, 2.05) is 0 Å². The van der Waals surface area contributed by atoms with E-state index in [9.17, 15) is 8.42 Å². The Labute approximate surface area is 150 Å². The standard InChI is InChI=1S/C18H28N2O4S/c1-23-17-6-4-7-18(15-17)25(21,22)20-9-3-2-5-16(20)8-10-19-11-13-24-14-12-19/h4,6-7,15-16H,2-3,5,8-14H2,1H3. The van der Waals surface area contributed by atoms with Gasteiger partial charge in [0.2, 0.25) is 10.0 Å². The third kappa shape index (κ3) is 4.53. The number of benzene rings is 1. The Bertz CT molecular complexity index is 659. The van der Waals surface area contributed by atoms with Crippen LogP contribution in [0.4, 0.5) is 0 Å². The van der Waals surface area contributed by atoms with Gasteiger partial charge in [0.05, 0.1) is 25.2 Å². The van der Waals surface area contributed by atoms with Crippen molar-refractivity contribution in [2.24, 2.45) is 0 Å². The lowest BCUT2D eigenvalue weighted by molar-refractivity contribution is 0.0340. The van der Waals surface area contributed by atoms with Crippen LogP contribution in [0.1, 0.15) is 25.7 Å².